The second kappa shape index (κ2) is 7.58. The van der Waals surface area contributed by atoms with Gasteiger partial charge in [0.25, 0.3) is 0 Å². The normalized spacial score (nSPS) is 22.9. The van der Waals surface area contributed by atoms with Crippen LogP contribution >= 0.6 is 0 Å². The van der Waals surface area contributed by atoms with Crippen LogP contribution in [0.2, 0.25) is 0 Å². The van der Waals surface area contributed by atoms with Crippen LogP contribution in [-0.4, -0.2) is 52.2 Å². The van der Waals surface area contributed by atoms with Gasteiger partial charge in [0.15, 0.2) is 11.6 Å². The summed E-state index contributed by atoms with van der Waals surface area (Å²) in [5, 5.41) is 7.53. The van der Waals surface area contributed by atoms with Gasteiger partial charge < -0.3 is 4.90 Å². The van der Waals surface area contributed by atoms with Crippen LogP contribution in [0, 0.1) is 24.0 Å². The van der Waals surface area contributed by atoms with Gasteiger partial charge in [0.2, 0.25) is 5.91 Å². The molecule has 8 heteroatoms. The average Bonchev–Trinajstić information content (AvgIpc) is 3.25. The van der Waals surface area contributed by atoms with Crippen molar-refractivity contribution in [2.24, 2.45) is 5.41 Å². The molecule has 0 bridgehead atoms. The van der Waals surface area contributed by atoms with Gasteiger partial charge in [-0.05, 0) is 50.4 Å². The zero-order valence-corrected chi connectivity index (χ0v) is 16.0. The van der Waals surface area contributed by atoms with E-state index in [2.05, 4.69) is 19.8 Å². The first-order chi connectivity index (χ1) is 13.4. The molecule has 2 aliphatic rings. The summed E-state index contributed by atoms with van der Waals surface area (Å²) in [5.41, 5.74) is 2.09. The number of hydrogen-bond acceptors (Lipinski definition) is 5. The van der Waals surface area contributed by atoms with Gasteiger partial charge in [-0.1, -0.05) is 16.4 Å². The lowest BCUT2D eigenvalue weighted by Crippen LogP contribution is -2.45. The Balaban J connectivity index is 1.37. The van der Waals surface area contributed by atoms with Crippen molar-refractivity contribution >= 4 is 5.91 Å². The Hall–Kier alpha value is -2.35. The largest absolute Gasteiger partial charge is 0.342 e. The summed E-state index contributed by atoms with van der Waals surface area (Å²) in [6.45, 7) is 5.63. The number of likely N-dealkylation sites (tertiary alicyclic amines) is 2. The minimum absolute atomic E-state index is 0.0494. The molecule has 2 fully saturated rings. The summed E-state index contributed by atoms with van der Waals surface area (Å²) in [5.74, 6) is -1.57. The molecule has 0 aliphatic carbocycles. The topological polar surface area (TPSA) is 62.5 Å². The molecule has 0 radical (unpaired) electrons. The lowest BCUT2D eigenvalue weighted by Gasteiger charge is -2.40. The minimum atomic E-state index is -0.818. The van der Waals surface area contributed by atoms with Crippen LogP contribution in [0.5, 0.6) is 0 Å². The van der Waals surface area contributed by atoms with Gasteiger partial charge in [0.1, 0.15) is 11.4 Å². The number of amides is 1. The van der Waals surface area contributed by atoms with Crippen LogP contribution < -0.4 is 0 Å². The predicted octanol–water partition coefficient (Wildman–Crippen LogP) is 2.71. The van der Waals surface area contributed by atoms with Gasteiger partial charge in [-0.3, -0.25) is 9.69 Å². The Morgan fingerprint density at radius 2 is 2.04 bits per heavy atom. The van der Waals surface area contributed by atoms with Crippen molar-refractivity contribution in [3.8, 4) is 0 Å². The lowest BCUT2D eigenvalue weighted by atomic mass is 9.79. The SMILES string of the molecule is Cc1nonc1CC(=O)N1CCC2(CCCN(Cc3ccc(F)c(F)c3)C2)C1. The molecule has 3 heterocycles. The quantitative estimate of drug-likeness (QED) is 0.803. The average molecular weight is 390 g/mol. The molecular weight excluding hydrogens is 366 g/mol. The smallest absolute Gasteiger partial charge is 0.228 e. The van der Waals surface area contributed by atoms with Crippen molar-refractivity contribution < 1.29 is 18.2 Å². The number of halogens is 2. The van der Waals surface area contributed by atoms with E-state index in [1.54, 1.807) is 13.0 Å². The number of aryl methyl sites for hydroxylation is 1. The van der Waals surface area contributed by atoms with Crippen molar-refractivity contribution in [1.82, 2.24) is 20.1 Å². The maximum atomic E-state index is 13.5. The summed E-state index contributed by atoms with van der Waals surface area (Å²) >= 11 is 0. The number of nitrogens with zero attached hydrogens (tertiary/aromatic N) is 4. The number of benzene rings is 1. The third kappa shape index (κ3) is 3.92. The fraction of sp³-hybridized carbons (Fsp3) is 0.550. The van der Waals surface area contributed by atoms with E-state index in [4.69, 9.17) is 0 Å². The molecule has 1 amide bonds. The molecular formula is C20H24F2N4O2. The summed E-state index contributed by atoms with van der Waals surface area (Å²) in [6.07, 6.45) is 3.29. The summed E-state index contributed by atoms with van der Waals surface area (Å²) in [7, 11) is 0. The Labute approximate surface area is 162 Å². The van der Waals surface area contributed by atoms with Gasteiger partial charge >= 0.3 is 0 Å². The number of rotatable bonds is 4. The summed E-state index contributed by atoms with van der Waals surface area (Å²) in [6, 6.07) is 4.09. The van der Waals surface area contributed by atoms with Gasteiger partial charge in [-0.15, -0.1) is 0 Å². The number of carbonyl (C=O) groups excluding carboxylic acids is 1. The second-order valence-corrected chi connectivity index (χ2v) is 8.10. The molecule has 1 atom stereocenters. The second-order valence-electron chi connectivity index (χ2n) is 8.10. The van der Waals surface area contributed by atoms with E-state index in [1.807, 2.05) is 4.90 Å². The first kappa shape index (κ1) is 19.0. The van der Waals surface area contributed by atoms with Crippen LogP contribution in [0.1, 0.15) is 36.2 Å². The van der Waals surface area contributed by atoms with E-state index in [-0.39, 0.29) is 17.7 Å². The van der Waals surface area contributed by atoms with Crippen molar-refractivity contribution in [3.05, 3.63) is 46.8 Å². The van der Waals surface area contributed by atoms with Crippen LogP contribution in [0.15, 0.2) is 22.8 Å². The van der Waals surface area contributed by atoms with E-state index < -0.39 is 11.6 Å². The number of hydrogen-bond donors (Lipinski definition) is 0. The van der Waals surface area contributed by atoms with Crippen molar-refractivity contribution in [1.29, 1.82) is 0 Å². The zero-order valence-electron chi connectivity index (χ0n) is 16.0. The molecule has 0 saturated carbocycles. The zero-order chi connectivity index (χ0) is 19.7. The molecule has 1 aromatic heterocycles. The third-order valence-electron chi connectivity index (χ3n) is 5.99. The highest BCUT2D eigenvalue weighted by atomic mass is 19.2. The molecule has 4 rings (SSSR count). The summed E-state index contributed by atoms with van der Waals surface area (Å²) in [4.78, 5) is 16.9. The monoisotopic (exact) mass is 390 g/mol. The molecule has 0 N–H and O–H groups in total. The molecule has 150 valence electrons. The highest BCUT2D eigenvalue weighted by molar-refractivity contribution is 5.78. The van der Waals surface area contributed by atoms with Gasteiger partial charge in [-0.25, -0.2) is 13.4 Å². The first-order valence-corrected chi connectivity index (χ1v) is 9.66. The van der Waals surface area contributed by atoms with E-state index in [1.165, 1.54) is 12.1 Å². The van der Waals surface area contributed by atoms with Crippen LogP contribution in [-0.2, 0) is 17.8 Å². The van der Waals surface area contributed by atoms with Gasteiger partial charge in [0, 0.05) is 31.6 Å². The lowest BCUT2D eigenvalue weighted by molar-refractivity contribution is -0.130. The maximum Gasteiger partial charge on any atom is 0.228 e. The number of piperidine rings is 1. The van der Waals surface area contributed by atoms with E-state index >= 15 is 0 Å². The predicted molar refractivity (Wildman–Crippen MR) is 97.2 cm³/mol. The summed E-state index contributed by atoms with van der Waals surface area (Å²) < 4.78 is 31.3. The standard InChI is InChI=1S/C20H24F2N4O2/c1-14-18(24-28-23-14)10-19(27)26-8-6-20(13-26)5-2-7-25(12-20)11-15-3-4-16(21)17(22)9-15/h3-4,9H,2,5-8,10-13H2,1H3. The van der Waals surface area contributed by atoms with Crippen LogP contribution in [0.3, 0.4) is 0 Å². The van der Waals surface area contributed by atoms with Crippen LogP contribution in [0.25, 0.3) is 0 Å². The van der Waals surface area contributed by atoms with E-state index in [0.29, 0.717) is 17.9 Å². The molecule has 6 nitrogen and oxygen atoms in total. The van der Waals surface area contributed by atoms with Crippen molar-refractivity contribution in [2.75, 3.05) is 26.2 Å². The molecule has 2 aliphatic heterocycles. The molecule has 2 saturated heterocycles. The van der Waals surface area contributed by atoms with Crippen LogP contribution in [0.4, 0.5) is 8.78 Å². The molecule has 2 aromatic rings. The highest BCUT2D eigenvalue weighted by Crippen LogP contribution is 2.39. The number of aromatic nitrogens is 2. The van der Waals surface area contributed by atoms with Gasteiger partial charge in [-0.2, -0.15) is 0 Å². The highest BCUT2D eigenvalue weighted by Gasteiger charge is 2.42. The molecule has 1 aromatic carbocycles. The third-order valence-corrected chi connectivity index (χ3v) is 5.99. The molecule has 1 spiro atoms. The van der Waals surface area contributed by atoms with Crippen molar-refractivity contribution in [2.45, 2.75) is 39.2 Å². The Kier molecular flexibility index (Phi) is 5.14. The fourth-order valence-electron chi connectivity index (χ4n) is 4.49. The Morgan fingerprint density at radius 1 is 1.18 bits per heavy atom. The first-order valence-electron chi connectivity index (χ1n) is 9.66. The number of carbonyl (C=O) groups is 1. The van der Waals surface area contributed by atoms with Crippen molar-refractivity contribution in [3.63, 3.8) is 0 Å². The minimum Gasteiger partial charge on any atom is -0.342 e. The Bertz CT molecular complexity index is 872. The van der Waals surface area contributed by atoms with E-state index in [0.717, 1.165) is 51.0 Å². The van der Waals surface area contributed by atoms with Gasteiger partial charge in [0.05, 0.1) is 6.42 Å². The van der Waals surface area contributed by atoms with E-state index in [9.17, 15) is 13.6 Å². The molecule has 28 heavy (non-hydrogen) atoms. The maximum absolute atomic E-state index is 13.5. The Morgan fingerprint density at radius 3 is 2.79 bits per heavy atom. The molecule has 1 unspecified atom stereocenters. The fourth-order valence-corrected chi connectivity index (χ4v) is 4.49.